The Labute approximate surface area is 142 Å². The van der Waals surface area contributed by atoms with E-state index < -0.39 is 0 Å². The maximum atomic E-state index is 12.7. The molecule has 4 rings (SSSR count). The van der Waals surface area contributed by atoms with E-state index in [4.69, 9.17) is 4.74 Å². The van der Waals surface area contributed by atoms with Crippen molar-refractivity contribution < 1.29 is 19.7 Å². The number of likely N-dealkylation sites (N-methyl/N-ethyl adjacent to an activating group) is 1. The number of likely N-dealkylation sites (tertiary alicyclic amines) is 1. The second-order valence-corrected chi connectivity index (χ2v) is 7.63. The molecule has 1 saturated heterocycles. The SMILES string of the molecule is CO[C@H]1C[C@@H]2[C@@H]3Cc4ccc(CO)c(O)c4[C@]2(CCN3C)CC1=O. The van der Waals surface area contributed by atoms with Crippen LogP contribution in [0.5, 0.6) is 5.75 Å². The van der Waals surface area contributed by atoms with Crippen molar-refractivity contribution in [3.05, 3.63) is 28.8 Å². The summed E-state index contributed by atoms with van der Waals surface area (Å²) < 4.78 is 5.44. The Morgan fingerprint density at radius 1 is 1.42 bits per heavy atom. The van der Waals surface area contributed by atoms with Crippen LogP contribution in [0.4, 0.5) is 0 Å². The minimum atomic E-state index is -0.332. The summed E-state index contributed by atoms with van der Waals surface area (Å²) in [5.74, 6) is 0.636. The highest BCUT2D eigenvalue weighted by atomic mass is 16.5. The number of hydrogen-bond acceptors (Lipinski definition) is 5. The normalized spacial score (nSPS) is 35.5. The van der Waals surface area contributed by atoms with E-state index >= 15 is 0 Å². The number of hydrogen-bond donors (Lipinski definition) is 2. The highest BCUT2D eigenvalue weighted by Crippen LogP contribution is 2.57. The van der Waals surface area contributed by atoms with E-state index in [1.54, 1.807) is 7.11 Å². The van der Waals surface area contributed by atoms with Crippen molar-refractivity contribution in [2.75, 3.05) is 20.7 Å². The highest BCUT2D eigenvalue weighted by Gasteiger charge is 2.58. The number of carbonyl (C=O) groups excluding carboxylic acids is 1. The average molecular weight is 331 g/mol. The standard InChI is InChI=1S/C19H25NO4/c1-20-6-5-19-9-15(22)16(24-2)8-13(19)14(20)7-11-3-4-12(10-21)18(23)17(11)19/h3-4,13-14,16,21,23H,5-10H2,1-2H3/t13-,14+,16+,19-/m1/s1. The number of ether oxygens (including phenoxy) is 1. The highest BCUT2D eigenvalue weighted by molar-refractivity contribution is 5.86. The molecule has 24 heavy (non-hydrogen) atoms. The second-order valence-electron chi connectivity index (χ2n) is 7.63. The van der Waals surface area contributed by atoms with Crippen LogP contribution >= 0.6 is 0 Å². The number of phenols is 1. The second kappa shape index (κ2) is 5.55. The number of fused-ring (bicyclic) bond motifs is 1. The first kappa shape index (κ1) is 16.1. The van der Waals surface area contributed by atoms with E-state index in [0.29, 0.717) is 30.4 Å². The molecule has 0 unspecified atom stereocenters. The lowest BCUT2D eigenvalue weighted by molar-refractivity contribution is -0.141. The van der Waals surface area contributed by atoms with Gasteiger partial charge in [-0.1, -0.05) is 12.1 Å². The van der Waals surface area contributed by atoms with Crippen LogP contribution in [0.15, 0.2) is 12.1 Å². The summed E-state index contributed by atoms with van der Waals surface area (Å²) in [4.78, 5) is 15.1. The molecule has 2 fully saturated rings. The van der Waals surface area contributed by atoms with Gasteiger partial charge in [-0.2, -0.15) is 0 Å². The minimum absolute atomic E-state index is 0.138. The molecule has 1 aliphatic heterocycles. The van der Waals surface area contributed by atoms with E-state index in [1.807, 2.05) is 12.1 Å². The molecule has 1 aromatic rings. The first-order valence-corrected chi connectivity index (χ1v) is 8.72. The summed E-state index contributed by atoms with van der Waals surface area (Å²) in [5.41, 5.74) is 2.29. The summed E-state index contributed by atoms with van der Waals surface area (Å²) in [5, 5.41) is 20.4. The van der Waals surface area contributed by atoms with Crippen molar-refractivity contribution in [3.63, 3.8) is 0 Å². The van der Waals surface area contributed by atoms with Crippen LogP contribution in [0.1, 0.15) is 36.0 Å². The number of benzene rings is 1. The molecule has 5 nitrogen and oxygen atoms in total. The molecule has 4 atom stereocenters. The Morgan fingerprint density at radius 3 is 2.92 bits per heavy atom. The van der Waals surface area contributed by atoms with Gasteiger partial charge in [-0.25, -0.2) is 0 Å². The molecule has 0 spiro atoms. The van der Waals surface area contributed by atoms with E-state index in [2.05, 4.69) is 11.9 Å². The van der Waals surface area contributed by atoms with Gasteiger partial charge in [-0.15, -0.1) is 0 Å². The Hall–Kier alpha value is -1.43. The Morgan fingerprint density at radius 2 is 2.21 bits per heavy atom. The third-order valence-corrected chi connectivity index (χ3v) is 6.70. The van der Waals surface area contributed by atoms with Gasteiger partial charge in [0.2, 0.25) is 0 Å². The topological polar surface area (TPSA) is 70.0 Å². The van der Waals surface area contributed by atoms with Crippen LogP contribution in [0.25, 0.3) is 0 Å². The van der Waals surface area contributed by atoms with E-state index in [9.17, 15) is 15.0 Å². The van der Waals surface area contributed by atoms with Crippen molar-refractivity contribution >= 4 is 5.78 Å². The van der Waals surface area contributed by atoms with Gasteiger partial charge in [-0.05, 0) is 44.3 Å². The third-order valence-electron chi connectivity index (χ3n) is 6.70. The lowest BCUT2D eigenvalue weighted by atomic mass is 9.51. The van der Waals surface area contributed by atoms with Gasteiger partial charge in [-0.3, -0.25) is 4.79 Å². The molecular weight excluding hydrogens is 306 g/mol. The molecule has 0 aromatic heterocycles. The molecule has 5 heteroatoms. The molecule has 3 aliphatic rings. The first-order valence-electron chi connectivity index (χ1n) is 8.72. The largest absolute Gasteiger partial charge is 0.507 e. The van der Waals surface area contributed by atoms with Crippen LogP contribution in [-0.4, -0.2) is 53.7 Å². The zero-order valence-electron chi connectivity index (χ0n) is 14.3. The quantitative estimate of drug-likeness (QED) is 0.857. The van der Waals surface area contributed by atoms with Crippen LogP contribution in [0.2, 0.25) is 0 Å². The van der Waals surface area contributed by atoms with Gasteiger partial charge in [0, 0.05) is 36.1 Å². The summed E-state index contributed by atoms with van der Waals surface area (Å²) in [6.07, 6.45) is 2.55. The van der Waals surface area contributed by atoms with Gasteiger partial charge in [0.25, 0.3) is 0 Å². The monoisotopic (exact) mass is 331 g/mol. The number of Topliss-reactive ketones (excluding diaryl/α,β-unsaturated/α-hetero) is 1. The predicted octanol–water partition coefficient (Wildman–Crippen LogP) is 1.38. The fourth-order valence-electron chi connectivity index (χ4n) is 5.47. The molecule has 130 valence electrons. The molecule has 2 bridgehead atoms. The zero-order valence-corrected chi connectivity index (χ0v) is 14.3. The van der Waals surface area contributed by atoms with Gasteiger partial charge in [0.05, 0.1) is 6.61 Å². The van der Waals surface area contributed by atoms with Gasteiger partial charge >= 0.3 is 0 Å². The van der Waals surface area contributed by atoms with Crippen molar-refractivity contribution in [2.45, 2.75) is 49.9 Å². The maximum Gasteiger partial charge on any atom is 0.162 e. The maximum absolute atomic E-state index is 12.7. The summed E-state index contributed by atoms with van der Waals surface area (Å²) >= 11 is 0. The number of rotatable bonds is 2. The lowest BCUT2D eigenvalue weighted by Crippen LogP contribution is -2.63. The number of aliphatic hydroxyl groups excluding tert-OH is 1. The minimum Gasteiger partial charge on any atom is -0.507 e. The summed E-state index contributed by atoms with van der Waals surface area (Å²) in [6, 6.07) is 4.21. The van der Waals surface area contributed by atoms with Crippen LogP contribution in [-0.2, 0) is 28.0 Å². The lowest BCUT2D eigenvalue weighted by Gasteiger charge is -2.58. The summed E-state index contributed by atoms with van der Waals surface area (Å²) in [7, 11) is 3.76. The first-order chi connectivity index (χ1) is 11.5. The number of methoxy groups -OCH3 is 1. The molecule has 2 N–H and O–H groups in total. The molecule has 2 aliphatic carbocycles. The molecule has 1 aromatic carbocycles. The Kier molecular flexibility index (Phi) is 3.71. The number of piperidine rings is 1. The average Bonchev–Trinajstić information content (AvgIpc) is 2.57. The van der Waals surface area contributed by atoms with E-state index in [1.165, 1.54) is 0 Å². The molecule has 0 radical (unpaired) electrons. The van der Waals surface area contributed by atoms with Gasteiger partial charge in [0.15, 0.2) is 5.78 Å². The molecule has 1 saturated carbocycles. The van der Waals surface area contributed by atoms with E-state index in [0.717, 1.165) is 30.5 Å². The van der Waals surface area contributed by atoms with Crippen molar-refractivity contribution in [3.8, 4) is 5.75 Å². The van der Waals surface area contributed by atoms with Crippen LogP contribution in [0.3, 0.4) is 0 Å². The Bertz CT molecular complexity index is 688. The fraction of sp³-hybridized carbons (Fsp3) is 0.632. The van der Waals surface area contributed by atoms with Gasteiger partial charge in [0.1, 0.15) is 11.9 Å². The van der Waals surface area contributed by atoms with Crippen molar-refractivity contribution in [1.82, 2.24) is 4.90 Å². The third kappa shape index (κ3) is 2.01. The van der Waals surface area contributed by atoms with Gasteiger partial charge < -0.3 is 19.8 Å². The van der Waals surface area contributed by atoms with Crippen molar-refractivity contribution in [2.24, 2.45) is 5.92 Å². The number of ketones is 1. The number of aliphatic hydroxyl groups is 1. The fourth-order valence-corrected chi connectivity index (χ4v) is 5.47. The Balaban J connectivity index is 1.91. The predicted molar refractivity (Wildman–Crippen MR) is 89.0 cm³/mol. The van der Waals surface area contributed by atoms with Crippen molar-refractivity contribution in [1.29, 1.82) is 0 Å². The van der Waals surface area contributed by atoms with E-state index in [-0.39, 0.29) is 29.7 Å². The number of carbonyl (C=O) groups is 1. The smallest absolute Gasteiger partial charge is 0.162 e. The molecular formula is C19H25NO4. The summed E-state index contributed by atoms with van der Waals surface area (Å²) in [6.45, 7) is 0.742. The number of nitrogens with zero attached hydrogens (tertiary/aromatic N) is 1. The number of aromatic hydroxyl groups is 1. The van der Waals surface area contributed by atoms with Crippen LogP contribution in [0, 0.1) is 5.92 Å². The molecule has 0 amide bonds. The van der Waals surface area contributed by atoms with Crippen LogP contribution < -0.4 is 0 Å². The molecule has 1 heterocycles. The zero-order chi connectivity index (χ0) is 17.1.